The van der Waals surface area contributed by atoms with Gasteiger partial charge in [0.15, 0.2) is 5.96 Å². The first-order valence-electron chi connectivity index (χ1n) is 5.50. The van der Waals surface area contributed by atoms with E-state index in [0.29, 0.717) is 12.5 Å². The van der Waals surface area contributed by atoms with Crippen LogP contribution in [0.5, 0.6) is 0 Å². The number of guanidine groups is 1. The molecule has 0 saturated carbocycles. The smallest absolute Gasteiger partial charge is 0.193 e. The van der Waals surface area contributed by atoms with E-state index in [4.69, 9.17) is 5.73 Å². The number of benzene rings is 1. The predicted octanol–water partition coefficient (Wildman–Crippen LogP) is 4.36. The summed E-state index contributed by atoms with van der Waals surface area (Å²) in [6, 6.07) is 10.1. The van der Waals surface area contributed by atoms with Gasteiger partial charge in [0.1, 0.15) is 0 Å². The molecule has 0 bridgehead atoms. The fraction of sp³-hybridized carbons (Fsp3) is 0.154. The van der Waals surface area contributed by atoms with Crippen LogP contribution in [0, 0.1) is 6.92 Å². The van der Waals surface area contributed by atoms with E-state index in [1.165, 1.54) is 10.4 Å². The molecule has 0 radical (unpaired) electrons. The van der Waals surface area contributed by atoms with Gasteiger partial charge in [0, 0.05) is 20.4 Å². The van der Waals surface area contributed by atoms with Gasteiger partial charge in [0.05, 0.1) is 6.54 Å². The minimum atomic E-state index is 0. The molecule has 1 aromatic heterocycles. The first-order valence-corrected chi connectivity index (χ1v) is 7.17. The largest absolute Gasteiger partial charge is 0.370 e. The lowest BCUT2D eigenvalue weighted by molar-refractivity contribution is 1.09. The van der Waals surface area contributed by atoms with Gasteiger partial charge >= 0.3 is 0 Å². The lowest BCUT2D eigenvalue weighted by atomic mass is 10.2. The average Bonchev–Trinajstić information content (AvgIpc) is 2.73. The van der Waals surface area contributed by atoms with Crippen LogP contribution in [0.15, 0.2) is 45.2 Å². The summed E-state index contributed by atoms with van der Waals surface area (Å²) in [5, 5.41) is 5.12. The van der Waals surface area contributed by atoms with Crippen LogP contribution in [-0.2, 0) is 6.54 Å². The molecule has 0 spiro atoms. The maximum Gasteiger partial charge on any atom is 0.193 e. The van der Waals surface area contributed by atoms with E-state index in [0.717, 1.165) is 10.2 Å². The van der Waals surface area contributed by atoms with Crippen LogP contribution in [0.4, 0.5) is 5.69 Å². The number of nitrogens with two attached hydrogens (primary N) is 1. The molecule has 19 heavy (non-hydrogen) atoms. The van der Waals surface area contributed by atoms with Gasteiger partial charge in [-0.25, -0.2) is 4.99 Å². The summed E-state index contributed by atoms with van der Waals surface area (Å²) in [5.74, 6) is 0.435. The lowest BCUT2D eigenvalue weighted by Gasteiger charge is -2.05. The number of nitrogens with one attached hydrogen (secondary N) is 1. The van der Waals surface area contributed by atoms with Crippen molar-refractivity contribution >= 4 is 62.9 Å². The molecule has 0 aliphatic carbocycles. The number of nitrogens with zero attached hydrogens (tertiary/aromatic N) is 1. The molecule has 0 fully saturated rings. The normalized spacial score (nSPS) is 10.9. The maximum atomic E-state index is 5.84. The van der Waals surface area contributed by atoms with Gasteiger partial charge in [0.2, 0.25) is 0 Å². The molecule has 3 N–H and O–H groups in total. The molecule has 6 heteroatoms. The lowest BCUT2D eigenvalue weighted by Crippen LogP contribution is -2.22. The number of halogens is 2. The third-order valence-electron chi connectivity index (χ3n) is 2.32. The van der Waals surface area contributed by atoms with Crippen LogP contribution in [-0.4, -0.2) is 5.96 Å². The van der Waals surface area contributed by atoms with Crippen molar-refractivity contribution in [2.24, 2.45) is 10.7 Å². The van der Waals surface area contributed by atoms with Crippen LogP contribution < -0.4 is 11.1 Å². The Hall–Kier alpha value is -0.600. The van der Waals surface area contributed by atoms with Crippen LogP contribution >= 0.6 is 51.2 Å². The molecular weight excluding hydrogens is 437 g/mol. The number of anilines is 1. The van der Waals surface area contributed by atoms with Crippen molar-refractivity contribution in [3.63, 3.8) is 0 Å². The Morgan fingerprint density at radius 2 is 2.21 bits per heavy atom. The summed E-state index contributed by atoms with van der Waals surface area (Å²) in [4.78, 5) is 5.48. The van der Waals surface area contributed by atoms with Gasteiger partial charge in [0.25, 0.3) is 0 Å². The minimum absolute atomic E-state index is 0. The zero-order valence-corrected chi connectivity index (χ0v) is 15.1. The summed E-state index contributed by atoms with van der Waals surface area (Å²) >= 11 is 5.08. The molecule has 2 rings (SSSR count). The molecule has 0 aliphatic heterocycles. The fourth-order valence-electron chi connectivity index (χ4n) is 1.51. The third-order valence-corrected chi connectivity index (χ3v) is 4.00. The highest BCUT2D eigenvalue weighted by Gasteiger charge is 1.98. The van der Waals surface area contributed by atoms with E-state index in [1.807, 2.05) is 42.6 Å². The topological polar surface area (TPSA) is 50.4 Å². The maximum absolute atomic E-state index is 5.84. The quantitative estimate of drug-likeness (QED) is 0.413. The zero-order valence-electron chi connectivity index (χ0n) is 10.4. The molecule has 0 amide bonds. The van der Waals surface area contributed by atoms with Crippen LogP contribution in [0.3, 0.4) is 0 Å². The second kappa shape index (κ2) is 7.86. The van der Waals surface area contributed by atoms with Gasteiger partial charge in [-0.15, -0.1) is 35.3 Å². The van der Waals surface area contributed by atoms with E-state index < -0.39 is 0 Å². The van der Waals surface area contributed by atoms with E-state index in [9.17, 15) is 0 Å². The molecule has 3 nitrogen and oxygen atoms in total. The highest BCUT2D eigenvalue weighted by atomic mass is 127. The van der Waals surface area contributed by atoms with Gasteiger partial charge < -0.3 is 11.1 Å². The number of thiophene rings is 1. The second-order valence-electron chi connectivity index (χ2n) is 3.93. The van der Waals surface area contributed by atoms with Crippen molar-refractivity contribution in [1.82, 2.24) is 0 Å². The summed E-state index contributed by atoms with van der Waals surface area (Å²) < 4.78 is 1.09. The number of hydrogen-bond donors (Lipinski definition) is 2. The van der Waals surface area contributed by atoms with Gasteiger partial charge in [-0.05, 0) is 46.6 Å². The van der Waals surface area contributed by atoms with Gasteiger partial charge in [-0.1, -0.05) is 12.1 Å². The monoisotopic (exact) mass is 451 g/mol. The molecule has 1 aromatic carbocycles. The first kappa shape index (κ1) is 16.5. The third kappa shape index (κ3) is 5.50. The summed E-state index contributed by atoms with van der Waals surface area (Å²) in [7, 11) is 0. The van der Waals surface area contributed by atoms with Crippen molar-refractivity contribution in [1.29, 1.82) is 0 Å². The van der Waals surface area contributed by atoms with Gasteiger partial charge in [-0.3, -0.25) is 0 Å². The Morgan fingerprint density at radius 3 is 2.84 bits per heavy atom. The highest BCUT2D eigenvalue weighted by Crippen LogP contribution is 2.20. The van der Waals surface area contributed by atoms with Crippen molar-refractivity contribution in [3.05, 3.63) is 50.6 Å². The van der Waals surface area contributed by atoms with E-state index in [-0.39, 0.29) is 24.0 Å². The Balaban J connectivity index is 0.00000180. The van der Waals surface area contributed by atoms with Crippen molar-refractivity contribution in [2.45, 2.75) is 13.5 Å². The van der Waals surface area contributed by atoms with Crippen molar-refractivity contribution < 1.29 is 0 Å². The molecule has 0 saturated heterocycles. The Kier molecular flexibility index (Phi) is 6.81. The average molecular weight is 452 g/mol. The molecule has 2 aromatic rings. The predicted molar refractivity (Wildman–Crippen MR) is 97.6 cm³/mol. The molecule has 0 unspecified atom stereocenters. The van der Waals surface area contributed by atoms with Crippen LogP contribution in [0.1, 0.15) is 10.4 Å². The standard InChI is InChI=1S/C13H14BrN3S.HI/c1-9-3-2-4-11(5-9)17-13(15)16-7-12-6-10(14)8-18-12;/h2-6,8H,7H2,1H3,(H3,15,16,17);1H. The number of aliphatic imine (C=N–C) groups is 1. The second-order valence-corrected chi connectivity index (χ2v) is 5.84. The number of aryl methyl sites for hydroxylation is 1. The summed E-state index contributed by atoms with van der Waals surface area (Å²) in [6.07, 6.45) is 0. The molecular formula is C13H15BrIN3S. The Morgan fingerprint density at radius 1 is 1.42 bits per heavy atom. The Labute approximate surface area is 142 Å². The number of rotatable bonds is 3. The highest BCUT2D eigenvalue weighted by molar-refractivity contribution is 14.0. The van der Waals surface area contributed by atoms with Crippen molar-refractivity contribution in [3.8, 4) is 0 Å². The minimum Gasteiger partial charge on any atom is -0.370 e. The molecule has 0 aliphatic rings. The molecule has 1 heterocycles. The van der Waals surface area contributed by atoms with Crippen LogP contribution in [0.2, 0.25) is 0 Å². The Bertz CT molecular complexity index is 569. The molecule has 102 valence electrons. The zero-order chi connectivity index (χ0) is 13.0. The van der Waals surface area contributed by atoms with Crippen molar-refractivity contribution in [2.75, 3.05) is 5.32 Å². The molecule has 0 atom stereocenters. The van der Waals surface area contributed by atoms with Gasteiger partial charge in [-0.2, -0.15) is 0 Å². The van der Waals surface area contributed by atoms with E-state index in [1.54, 1.807) is 11.3 Å². The van der Waals surface area contributed by atoms with E-state index >= 15 is 0 Å². The van der Waals surface area contributed by atoms with Crippen LogP contribution in [0.25, 0.3) is 0 Å². The van der Waals surface area contributed by atoms with E-state index in [2.05, 4.69) is 26.2 Å². The fourth-order valence-corrected chi connectivity index (χ4v) is 2.88. The SMILES string of the molecule is Cc1cccc(NC(N)=NCc2cc(Br)cs2)c1.I. The summed E-state index contributed by atoms with van der Waals surface area (Å²) in [6.45, 7) is 2.64. The summed E-state index contributed by atoms with van der Waals surface area (Å²) in [5.41, 5.74) is 7.99. The first-order chi connectivity index (χ1) is 8.63. The number of hydrogen-bond acceptors (Lipinski definition) is 2.